The minimum Gasteiger partial charge on any atom is -0.487 e. The average Bonchev–Trinajstić information content (AvgIpc) is 3.00. The number of benzene rings is 1. The third kappa shape index (κ3) is 2.60. The van der Waals surface area contributed by atoms with Gasteiger partial charge in [-0.1, -0.05) is 12.1 Å². The van der Waals surface area contributed by atoms with Crippen molar-refractivity contribution in [3.05, 3.63) is 61.1 Å². The summed E-state index contributed by atoms with van der Waals surface area (Å²) in [5.41, 5.74) is 2.65. The number of imidazole rings is 1. The second kappa shape index (κ2) is 5.30. The zero-order chi connectivity index (χ0) is 12.9. The molecule has 2 heterocycles. The summed E-state index contributed by atoms with van der Waals surface area (Å²) in [5, 5.41) is 0. The van der Waals surface area contributed by atoms with Gasteiger partial charge in [-0.25, -0.2) is 4.98 Å². The fourth-order valence-electron chi connectivity index (χ4n) is 1.76. The molecule has 0 radical (unpaired) electrons. The van der Waals surface area contributed by atoms with Crippen molar-refractivity contribution in [2.24, 2.45) is 0 Å². The number of hydrogen-bond donors (Lipinski definition) is 1. The lowest BCUT2D eigenvalue weighted by Gasteiger charge is -2.09. The number of para-hydroxylation sites is 1. The largest absolute Gasteiger partial charge is 0.487 e. The quantitative estimate of drug-likeness (QED) is 0.774. The summed E-state index contributed by atoms with van der Waals surface area (Å²) in [6.07, 6.45) is 8.41. The molecule has 0 saturated heterocycles. The van der Waals surface area contributed by atoms with E-state index >= 15 is 0 Å². The second-order valence-electron chi connectivity index (χ2n) is 3.95. The third-order valence-electron chi connectivity index (χ3n) is 2.66. The molecule has 19 heavy (non-hydrogen) atoms. The van der Waals surface area contributed by atoms with Crippen LogP contribution in [0.15, 0.2) is 55.4 Å². The molecule has 0 spiro atoms. The fourth-order valence-corrected chi connectivity index (χ4v) is 1.76. The van der Waals surface area contributed by atoms with Gasteiger partial charge >= 0.3 is 0 Å². The Morgan fingerprint density at radius 3 is 2.79 bits per heavy atom. The van der Waals surface area contributed by atoms with Gasteiger partial charge in [0.2, 0.25) is 0 Å². The predicted molar refractivity (Wildman–Crippen MR) is 70.4 cm³/mol. The van der Waals surface area contributed by atoms with E-state index in [1.165, 1.54) is 0 Å². The van der Waals surface area contributed by atoms with Gasteiger partial charge in [-0.2, -0.15) is 0 Å². The van der Waals surface area contributed by atoms with Crippen molar-refractivity contribution < 1.29 is 4.74 Å². The molecule has 2 aromatic heterocycles. The molecule has 3 rings (SSSR count). The van der Waals surface area contributed by atoms with Crippen LogP contribution >= 0.6 is 0 Å². The van der Waals surface area contributed by atoms with Crippen molar-refractivity contribution in [3.63, 3.8) is 0 Å². The molecule has 3 aromatic rings. The lowest BCUT2D eigenvalue weighted by atomic mass is 10.1. The van der Waals surface area contributed by atoms with Crippen molar-refractivity contribution in [2.75, 3.05) is 0 Å². The molecule has 1 N–H and O–H groups in total. The van der Waals surface area contributed by atoms with Gasteiger partial charge in [0, 0.05) is 18.0 Å². The van der Waals surface area contributed by atoms with Crippen LogP contribution in [-0.4, -0.2) is 19.9 Å². The van der Waals surface area contributed by atoms with Gasteiger partial charge < -0.3 is 9.72 Å². The van der Waals surface area contributed by atoms with Crippen molar-refractivity contribution in [3.8, 4) is 17.0 Å². The van der Waals surface area contributed by atoms with Crippen LogP contribution in [0.25, 0.3) is 11.3 Å². The molecule has 0 aliphatic carbocycles. The molecule has 0 saturated carbocycles. The van der Waals surface area contributed by atoms with E-state index in [1.807, 2.05) is 24.3 Å². The summed E-state index contributed by atoms with van der Waals surface area (Å²) < 4.78 is 5.80. The molecule has 0 bridgehead atoms. The number of nitrogens with one attached hydrogen (secondary N) is 1. The predicted octanol–water partition coefficient (Wildman–Crippen LogP) is 2.45. The van der Waals surface area contributed by atoms with Crippen LogP contribution in [0.3, 0.4) is 0 Å². The van der Waals surface area contributed by atoms with E-state index in [9.17, 15) is 0 Å². The summed E-state index contributed by atoms with van der Waals surface area (Å²) in [6, 6.07) is 7.77. The molecule has 0 fully saturated rings. The standard InChI is InChI=1S/C14H12N4O/c1-2-4-14(19-9-11-7-16-10-18-11)12(3-1)13-8-15-5-6-17-13/h1-8,10H,9H2,(H,16,18). The molecule has 0 aliphatic rings. The molecule has 1 aromatic carbocycles. The Labute approximate surface area is 110 Å². The van der Waals surface area contributed by atoms with Crippen molar-refractivity contribution in [2.45, 2.75) is 6.61 Å². The second-order valence-corrected chi connectivity index (χ2v) is 3.95. The van der Waals surface area contributed by atoms with Crippen LogP contribution in [0.2, 0.25) is 0 Å². The van der Waals surface area contributed by atoms with Gasteiger partial charge in [-0.05, 0) is 12.1 Å². The Balaban J connectivity index is 1.85. The number of aromatic nitrogens is 4. The van der Waals surface area contributed by atoms with Gasteiger partial charge in [0.1, 0.15) is 12.4 Å². The highest BCUT2D eigenvalue weighted by molar-refractivity contribution is 5.66. The number of aromatic amines is 1. The van der Waals surface area contributed by atoms with Crippen LogP contribution in [0.4, 0.5) is 0 Å². The first-order valence-corrected chi connectivity index (χ1v) is 5.89. The lowest BCUT2D eigenvalue weighted by molar-refractivity contribution is 0.303. The Bertz CT molecular complexity index is 638. The molecular formula is C14H12N4O. The molecule has 0 unspecified atom stereocenters. The first kappa shape index (κ1) is 11.4. The smallest absolute Gasteiger partial charge is 0.130 e. The van der Waals surface area contributed by atoms with E-state index in [0.717, 1.165) is 22.7 Å². The fraction of sp³-hybridized carbons (Fsp3) is 0.0714. The zero-order valence-electron chi connectivity index (χ0n) is 10.2. The van der Waals surface area contributed by atoms with Crippen LogP contribution < -0.4 is 4.74 Å². The highest BCUT2D eigenvalue weighted by Crippen LogP contribution is 2.28. The maximum atomic E-state index is 5.80. The third-order valence-corrected chi connectivity index (χ3v) is 2.66. The minimum absolute atomic E-state index is 0.442. The number of nitrogens with zero attached hydrogens (tertiary/aromatic N) is 3. The Morgan fingerprint density at radius 1 is 1.05 bits per heavy atom. The van der Waals surface area contributed by atoms with Crippen LogP contribution in [-0.2, 0) is 6.61 Å². The van der Waals surface area contributed by atoms with E-state index in [2.05, 4.69) is 19.9 Å². The Kier molecular flexibility index (Phi) is 3.18. The molecule has 94 valence electrons. The molecular weight excluding hydrogens is 240 g/mol. The lowest BCUT2D eigenvalue weighted by Crippen LogP contribution is -1.97. The number of ether oxygens (including phenoxy) is 1. The summed E-state index contributed by atoms with van der Waals surface area (Å²) in [5.74, 6) is 0.776. The molecule has 0 amide bonds. The maximum absolute atomic E-state index is 5.80. The summed E-state index contributed by atoms with van der Waals surface area (Å²) >= 11 is 0. The summed E-state index contributed by atoms with van der Waals surface area (Å²) in [6.45, 7) is 0.442. The van der Waals surface area contributed by atoms with Gasteiger partial charge in [0.15, 0.2) is 0 Å². The van der Waals surface area contributed by atoms with Crippen LogP contribution in [0, 0.1) is 0 Å². The van der Waals surface area contributed by atoms with Crippen LogP contribution in [0.1, 0.15) is 5.69 Å². The Hall–Kier alpha value is -2.69. The SMILES string of the molecule is c1ccc(-c2cnccn2)c(OCc2cnc[nH]2)c1. The van der Waals surface area contributed by atoms with Crippen molar-refractivity contribution >= 4 is 0 Å². The van der Waals surface area contributed by atoms with E-state index in [-0.39, 0.29) is 0 Å². The van der Waals surface area contributed by atoms with E-state index < -0.39 is 0 Å². The first-order valence-electron chi connectivity index (χ1n) is 5.89. The summed E-state index contributed by atoms with van der Waals surface area (Å²) in [4.78, 5) is 15.3. The van der Waals surface area contributed by atoms with E-state index in [0.29, 0.717) is 6.61 Å². The summed E-state index contributed by atoms with van der Waals surface area (Å²) in [7, 11) is 0. The molecule has 0 atom stereocenters. The van der Waals surface area contributed by atoms with Gasteiger partial charge in [0.05, 0.1) is 30.1 Å². The average molecular weight is 252 g/mol. The number of H-pyrrole nitrogens is 1. The van der Waals surface area contributed by atoms with Crippen LogP contribution in [0.5, 0.6) is 5.75 Å². The van der Waals surface area contributed by atoms with Crippen molar-refractivity contribution in [1.29, 1.82) is 0 Å². The normalized spacial score (nSPS) is 10.3. The molecule has 5 nitrogen and oxygen atoms in total. The molecule has 0 aliphatic heterocycles. The molecule has 5 heteroatoms. The van der Waals surface area contributed by atoms with E-state index in [1.54, 1.807) is 31.1 Å². The Morgan fingerprint density at radius 2 is 2.00 bits per heavy atom. The van der Waals surface area contributed by atoms with Gasteiger partial charge in [-0.15, -0.1) is 0 Å². The topological polar surface area (TPSA) is 63.7 Å². The monoisotopic (exact) mass is 252 g/mol. The highest BCUT2D eigenvalue weighted by atomic mass is 16.5. The zero-order valence-corrected chi connectivity index (χ0v) is 10.2. The van der Waals surface area contributed by atoms with Gasteiger partial charge in [0.25, 0.3) is 0 Å². The number of hydrogen-bond acceptors (Lipinski definition) is 4. The minimum atomic E-state index is 0.442. The van der Waals surface area contributed by atoms with Gasteiger partial charge in [-0.3, -0.25) is 9.97 Å². The van der Waals surface area contributed by atoms with Crippen molar-refractivity contribution in [1.82, 2.24) is 19.9 Å². The van der Waals surface area contributed by atoms with E-state index in [4.69, 9.17) is 4.74 Å². The highest BCUT2D eigenvalue weighted by Gasteiger charge is 2.07. The number of rotatable bonds is 4. The maximum Gasteiger partial charge on any atom is 0.130 e. The first-order chi connectivity index (χ1) is 9.43.